The van der Waals surface area contributed by atoms with Crippen LogP contribution in [0.25, 0.3) is 0 Å². The van der Waals surface area contributed by atoms with Gasteiger partial charge in [-0.2, -0.15) is 4.99 Å². The summed E-state index contributed by atoms with van der Waals surface area (Å²) in [5, 5.41) is 0. The highest BCUT2D eigenvalue weighted by Crippen LogP contribution is 1.94. The van der Waals surface area contributed by atoms with Crippen LogP contribution in [0.1, 0.15) is 6.42 Å². The lowest BCUT2D eigenvalue weighted by Crippen LogP contribution is -2.22. The third-order valence-corrected chi connectivity index (χ3v) is 0.819. The van der Waals surface area contributed by atoms with Crippen molar-refractivity contribution in [1.82, 2.24) is 0 Å². The van der Waals surface area contributed by atoms with Crippen LogP contribution in [0.4, 0.5) is 4.79 Å². The Labute approximate surface area is 46.3 Å². The van der Waals surface area contributed by atoms with E-state index >= 15 is 0 Å². The molecule has 0 fully saturated rings. The molecule has 44 valence electrons. The highest BCUT2D eigenvalue weighted by Gasteiger charge is 2.07. The van der Waals surface area contributed by atoms with Gasteiger partial charge in [0.15, 0.2) is 0 Å². The monoisotopic (exact) mass is 114 g/mol. The van der Waals surface area contributed by atoms with Gasteiger partial charge in [-0.05, 0) is 0 Å². The normalized spacial score (nSPS) is 19.5. The molecule has 0 aromatic heterocycles. The second kappa shape index (κ2) is 1.81. The Morgan fingerprint density at radius 3 is 2.88 bits per heavy atom. The van der Waals surface area contributed by atoms with Gasteiger partial charge in [0.1, 0.15) is 12.4 Å². The number of nitrogens with two attached hydrogens (primary N) is 1. The molecule has 0 aromatic carbocycles. The third kappa shape index (κ3) is 0.959. The van der Waals surface area contributed by atoms with Crippen LogP contribution >= 0.6 is 0 Å². The summed E-state index contributed by atoms with van der Waals surface area (Å²) >= 11 is 0. The molecule has 0 radical (unpaired) electrons. The molecule has 0 unspecified atom stereocenters. The van der Waals surface area contributed by atoms with Crippen molar-refractivity contribution in [2.75, 3.05) is 6.61 Å². The second-order valence-corrected chi connectivity index (χ2v) is 1.47. The molecule has 0 bridgehead atoms. The minimum absolute atomic E-state index is 0.362. The van der Waals surface area contributed by atoms with E-state index in [0.29, 0.717) is 18.9 Å². The fourth-order valence-corrected chi connectivity index (χ4v) is 0.448. The van der Waals surface area contributed by atoms with E-state index < -0.39 is 6.09 Å². The Hall–Kier alpha value is -1.06. The first kappa shape index (κ1) is 5.08. The zero-order chi connectivity index (χ0) is 5.98. The minimum Gasteiger partial charge on any atom is -0.447 e. The van der Waals surface area contributed by atoms with Crippen molar-refractivity contribution in [2.45, 2.75) is 6.42 Å². The number of amidine groups is 1. The molecule has 0 aromatic rings. The quantitative estimate of drug-likeness (QED) is 0.477. The molecule has 0 aliphatic carbocycles. The number of ether oxygens (including phenoxy) is 1. The van der Waals surface area contributed by atoms with E-state index in [0.717, 1.165) is 0 Å². The molecule has 1 rings (SSSR count). The molecule has 0 saturated carbocycles. The molecule has 1 aliphatic rings. The molecular weight excluding hydrogens is 108 g/mol. The van der Waals surface area contributed by atoms with Crippen molar-refractivity contribution in [3.63, 3.8) is 0 Å². The first-order valence-corrected chi connectivity index (χ1v) is 2.29. The summed E-state index contributed by atoms with van der Waals surface area (Å²) in [6.45, 7) is 0.369. The Morgan fingerprint density at radius 1 is 1.75 bits per heavy atom. The average molecular weight is 114 g/mol. The van der Waals surface area contributed by atoms with E-state index in [-0.39, 0.29) is 0 Å². The van der Waals surface area contributed by atoms with Gasteiger partial charge in [0.25, 0.3) is 0 Å². The number of rotatable bonds is 0. The number of hydrogen-bond acceptors (Lipinski definition) is 3. The van der Waals surface area contributed by atoms with Crippen molar-refractivity contribution in [3.05, 3.63) is 0 Å². The number of carbonyl (C=O) groups excluding carboxylic acids is 1. The maximum absolute atomic E-state index is 10.2. The van der Waals surface area contributed by atoms with Gasteiger partial charge >= 0.3 is 6.09 Å². The molecule has 0 atom stereocenters. The van der Waals surface area contributed by atoms with Gasteiger partial charge < -0.3 is 10.5 Å². The predicted molar refractivity (Wildman–Crippen MR) is 27.6 cm³/mol. The summed E-state index contributed by atoms with van der Waals surface area (Å²) in [6.07, 6.45) is -0.0140. The Bertz CT molecular complexity index is 141. The predicted octanol–water partition coefficient (Wildman–Crippen LogP) is -0.116. The van der Waals surface area contributed by atoms with E-state index in [9.17, 15) is 4.79 Å². The fraction of sp³-hybridized carbons (Fsp3) is 0.500. The Morgan fingerprint density at radius 2 is 2.50 bits per heavy atom. The zero-order valence-electron chi connectivity index (χ0n) is 4.26. The first-order chi connectivity index (χ1) is 3.79. The summed E-state index contributed by atoms with van der Waals surface area (Å²) in [6, 6.07) is 0. The number of cyclic esters (lactones) is 1. The molecule has 1 aliphatic heterocycles. The summed E-state index contributed by atoms with van der Waals surface area (Å²) in [5.74, 6) is 0.362. The minimum atomic E-state index is -0.575. The van der Waals surface area contributed by atoms with Crippen molar-refractivity contribution < 1.29 is 9.53 Å². The van der Waals surface area contributed by atoms with Gasteiger partial charge in [-0.25, -0.2) is 4.79 Å². The number of aliphatic imine (C=N–C) groups is 1. The van der Waals surface area contributed by atoms with E-state index in [1.807, 2.05) is 0 Å². The molecule has 8 heavy (non-hydrogen) atoms. The lowest BCUT2D eigenvalue weighted by molar-refractivity contribution is 0.156. The molecular formula is C4H6N2O2. The molecule has 1 heterocycles. The van der Waals surface area contributed by atoms with Crippen LogP contribution < -0.4 is 5.73 Å². The SMILES string of the molecule is NC1=NC(=O)OCC1. The number of nitrogens with zero attached hydrogens (tertiary/aromatic N) is 1. The summed E-state index contributed by atoms with van der Waals surface area (Å²) in [4.78, 5) is 13.5. The number of hydrogen-bond donors (Lipinski definition) is 1. The highest BCUT2D eigenvalue weighted by atomic mass is 16.5. The molecule has 4 heteroatoms. The van der Waals surface area contributed by atoms with Gasteiger partial charge in [0, 0.05) is 6.42 Å². The van der Waals surface area contributed by atoms with Crippen molar-refractivity contribution in [3.8, 4) is 0 Å². The van der Waals surface area contributed by atoms with Gasteiger partial charge in [0.05, 0.1) is 0 Å². The summed E-state index contributed by atoms with van der Waals surface area (Å²) in [5.41, 5.74) is 5.17. The molecule has 2 N–H and O–H groups in total. The van der Waals surface area contributed by atoms with Crippen molar-refractivity contribution in [2.24, 2.45) is 10.7 Å². The van der Waals surface area contributed by atoms with E-state index in [4.69, 9.17) is 5.73 Å². The van der Waals surface area contributed by atoms with Crippen LogP contribution in [0.5, 0.6) is 0 Å². The van der Waals surface area contributed by atoms with E-state index in [1.54, 1.807) is 0 Å². The smallest absolute Gasteiger partial charge is 0.435 e. The highest BCUT2D eigenvalue weighted by molar-refractivity contribution is 5.92. The van der Waals surface area contributed by atoms with Crippen LogP contribution in [-0.2, 0) is 4.74 Å². The largest absolute Gasteiger partial charge is 0.447 e. The molecule has 0 spiro atoms. The first-order valence-electron chi connectivity index (χ1n) is 2.29. The average Bonchev–Trinajstić information content (AvgIpc) is 1.64. The lowest BCUT2D eigenvalue weighted by atomic mass is 10.4. The zero-order valence-corrected chi connectivity index (χ0v) is 4.26. The van der Waals surface area contributed by atoms with E-state index in [2.05, 4.69) is 9.73 Å². The fourth-order valence-electron chi connectivity index (χ4n) is 0.448. The number of carbonyl (C=O) groups is 1. The Kier molecular flexibility index (Phi) is 1.15. The maximum atomic E-state index is 10.2. The number of amides is 1. The topological polar surface area (TPSA) is 64.7 Å². The second-order valence-electron chi connectivity index (χ2n) is 1.47. The third-order valence-electron chi connectivity index (χ3n) is 0.819. The van der Waals surface area contributed by atoms with Gasteiger partial charge in [-0.1, -0.05) is 0 Å². The van der Waals surface area contributed by atoms with Crippen molar-refractivity contribution >= 4 is 11.9 Å². The Balaban J connectivity index is 2.64. The van der Waals surface area contributed by atoms with Crippen LogP contribution in [0.2, 0.25) is 0 Å². The maximum Gasteiger partial charge on any atom is 0.435 e. The molecule has 1 amide bonds. The van der Waals surface area contributed by atoms with Gasteiger partial charge in [-0.15, -0.1) is 0 Å². The lowest BCUT2D eigenvalue weighted by Gasteiger charge is -2.05. The standard InChI is InChI=1S/C4H6N2O2/c5-3-1-2-8-4(7)6-3/h1-2H2,(H2,5,6,7). The summed E-state index contributed by atoms with van der Waals surface area (Å²) < 4.78 is 4.44. The van der Waals surface area contributed by atoms with Crippen LogP contribution in [0, 0.1) is 0 Å². The molecule has 0 saturated heterocycles. The van der Waals surface area contributed by atoms with E-state index in [1.165, 1.54) is 0 Å². The van der Waals surface area contributed by atoms with Crippen LogP contribution in [0.3, 0.4) is 0 Å². The van der Waals surface area contributed by atoms with Crippen LogP contribution in [-0.4, -0.2) is 18.5 Å². The summed E-state index contributed by atoms with van der Waals surface area (Å²) in [7, 11) is 0. The van der Waals surface area contributed by atoms with Crippen molar-refractivity contribution in [1.29, 1.82) is 0 Å². The van der Waals surface area contributed by atoms with Crippen LogP contribution in [0.15, 0.2) is 4.99 Å². The molecule has 4 nitrogen and oxygen atoms in total. The van der Waals surface area contributed by atoms with Gasteiger partial charge in [-0.3, -0.25) is 0 Å². The van der Waals surface area contributed by atoms with Gasteiger partial charge in [0.2, 0.25) is 0 Å².